The number of benzene rings is 1. The van der Waals surface area contributed by atoms with Crippen LogP contribution in [0.25, 0.3) is 0 Å². The number of nitrogens with zero attached hydrogens (tertiary/aromatic N) is 2. The molecule has 0 saturated carbocycles. The molecule has 18 heavy (non-hydrogen) atoms. The zero-order chi connectivity index (χ0) is 13.4. The monoisotopic (exact) mass is 251 g/mol. The average molecular weight is 251 g/mol. The van der Waals surface area contributed by atoms with Crippen LogP contribution in [0.1, 0.15) is 18.9 Å². The third-order valence-corrected chi connectivity index (χ3v) is 2.99. The smallest absolute Gasteiger partial charge is 0.269 e. The molecule has 5 nitrogen and oxygen atoms in total. The van der Waals surface area contributed by atoms with Crippen molar-refractivity contribution < 1.29 is 4.92 Å². The lowest BCUT2D eigenvalue weighted by atomic mass is 10.1. The van der Waals surface area contributed by atoms with Crippen molar-refractivity contribution in [3.05, 3.63) is 39.9 Å². The molecule has 0 aromatic heterocycles. The Bertz CT molecular complexity index is 365. The van der Waals surface area contributed by atoms with Crippen LogP contribution in [0, 0.1) is 10.1 Å². The molecule has 0 saturated heterocycles. The minimum Gasteiger partial charge on any atom is -0.330 e. The molecule has 2 N–H and O–H groups in total. The molecule has 0 amide bonds. The van der Waals surface area contributed by atoms with Crippen molar-refractivity contribution in [1.29, 1.82) is 0 Å². The Hall–Kier alpha value is -1.46. The minimum atomic E-state index is -0.372. The van der Waals surface area contributed by atoms with Crippen LogP contribution in [0.2, 0.25) is 0 Å². The van der Waals surface area contributed by atoms with Gasteiger partial charge in [0.15, 0.2) is 0 Å². The maximum absolute atomic E-state index is 10.5. The van der Waals surface area contributed by atoms with E-state index >= 15 is 0 Å². The number of nitrogens with two attached hydrogens (primary N) is 1. The lowest BCUT2D eigenvalue weighted by molar-refractivity contribution is -0.384. The molecule has 0 radical (unpaired) electrons. The van der Waals surface area contributed by atoms with Crippen molar-refractivity contribution >= 4 is 5.69 Å². The number of nitro groups is 1. The molecule has 100 valence electrons. The van der Waals surface area contributed by atoms with Crippen molar-refractivity contribution in [1.82, 2.24) is 4.90 Å². The van der Waals surface area contributed by atoms with Crippen LogP contribution < -0.4 is 5.73 Å². The van der Waals surface area contributed by atoms with Gasteiger partial charge in [-0.2, -0.15) is 0 Å². The topological polar surface area (TPSA) is 72.4 Å². The van der Waals surface area contributed by atoms with Gasteiger partial charge >= 0.3 is 0 Å². The molecule has 0 aliphatic carbocycles. The molecule has 1 aromatic rings. The summed E-state index contributed by atoms with van der Waals surface area (Å²) in [4.78, 5) is 12.5. The molecule has 0 bridgehead atoms. The normalized spacial score (nSPS) is 10.8. The highest BCUT2D eigenvalue weighted by Gasteiger charge is 2.05. The van der Waals surface area contributed by atoms with Crippen molar-refractivity contribution in [2.75, 3.05) is 26.2 Å². The number of hydrogen-bond donors (Lipinski definition) is 1. The summed E-state index contributed by atoms with van der Waals surface area (Å²) < 4.78 is 0. The Balaban J connectivity index is 2.44. The molecule has 0 aliphatic heterocycles. The first kappa shape index (κ1) is 14.6. The van der Waals surface area contributed by atoms with E-state index in [-0.39, 0.29) is 10.6 Å². The first-order chi connectivity index (χ1) is 8.67. The van der Waals surface area contributed by atoms with E-state index in [9.17, 15) is 10.1 Å². The van der Waals surface area contributed by atoms with Crippen molar-refractivity contribution in [2.24, 2.45) is 5.73 Å². The Morgan fingerprint density at radius 2 is 1.94 bits per heavy atom. The SMILES string of the molecule is CCN(CCCN)CCc1ccc([N+](=O)[O-])cc1. The van der Waals surface area contributed by atoms with Crippen LogP contribution >= 0.6 is 0 Å². The van der Waals surface area contributed by atoms with Crippen LogP contribution in [0.5, 0.6) is 0 Å². The minimum absolute atomic E-state index is 0.147. The van der Waals surface area contributed by atoms with Gasteiger partial charge in [0.25, 0.3) is 5.69 Å². The molecule has 1 rings (SSSR count). The van der Waals surface area contributed by atoms with Crippen LogP contribution in [0.15, 0.2) is 24.3 Å². The van der Waals surface area contributed by atoms with Crippen molar-refractivity contribution in [3.8, 4) is 0 Å². The van der Waals surface area contributed by atoms with E-state index in [1.165, 1.54) is 0 Å². The van der Waals surface area contributed by atoms with Gasteiger partial charge in [0.05, 0.1) is 4.92 Å². The van der Waals surface area contributed by atoms with Gasteiger partial charge in [0, 0.05) is 18.7 Å². The van der Waals surface area contributed by atoms with Gasteiger partial charge in [-0.05, 0) is 38.0 Å². The zero-order valence-electron chi connectivity index (χ0n) is 10.8. The lowest BCUT2D eigenvalue weighted by Crippen LogP contribution is -2.28. The summed E-state index contributed by atoms with van der Waals surface area (Å²) in [5.41, 5.74) is 6.77. The molecule has 0 heterocycles. The number of rotatable bonds is 8. The highest BCUT2D eigenvalue weighted by Crippen LogP contribution is 2.12. The van der Waals surface area contributed by atoms with E-state index < -0.39 is 0 Å². The molecule has 0 fully saturated rings. The Labute approximate surface area is 108 Å². The Morgan fingerprint density at radius 1 is 1.28 bits per heavy atom. The van der Waals surface area contributed by atoms with Gasteiger partial charge in [-0.25, -0.2) is 0 Å². The highest BCUT2D eigenvalue weighted by atomic mass is 16.6. The lowest BCUT2D eigenvalue weighted by Gasteiger charge is -2.19. The maximum Gasteiger partial charge on any atom is 0.269 e. The molecule has 0 spiro atoms. The van der Waals surface area contributed by atoms with Crippen LogP contribution in [-0.4, -0.2) is 36.0 Å². The standard InChI is InChI=1S/C13H21N3O2/c1-2-15(10-3-9-14)11-8-12-4-6-13(7-5-12)16(17)18/h4-7H,2-3,8-11,14H2,1H3. The van der Waals surface area contributed by atoms with Gasteiger partial charge in [0.2, 0.25) is 0 Å². The van der Waals surface area contributed by atoms with E-state index in [1.807, 2.05) is 12.1 Å². The average Bonchev–Trinajstić information content (AvgIpc) is 2.39. The first-order valence-corrected chi connectivity index (χ1v) is 6.33. The maximum atomic E-state index is 10.5. The summed E-state index contributed by atoms with van der Waals surface area (Å²) >= 11 is 0. The summed E-state index contributed by atoms with van der Waals surface area (Å²) in [7, 11) is 0. The van der Waals surface area contributed by atoms with E-state index in [1.54, 1.807) is 12.1 Å². The van der Waals surface area contributed by atoms with E-state index in [0.717, 1.165) is 38.0 Å². The summed E-state index contributed by atoms with van der Waals surface area (Å²) in [5, 5.41) is 10.5. The number of non-ortho nitro benzene ring substituents is 1. The van der Waals surface area contributed by atoms with Gasteiger partial charge in [0.1, 0.15) is 0 Å². The van der Waals surface area contributed by atoms with E-state index in [4.69, 9.17) is 5.73 Å². The fourth-order valence-corrected chi connectivity index (χ4v) is 1.81. The summed E-state index contributed by atoms with van der Waals surface area (Å²) in [6, 6.07) is 6.78. The van der Waals surface area contributed by atoms with Crippen LogP contribution in [0.3, 0.4) is 0 Å². The number of likely N-dealkylation sites (N-methyl/N-ethyl adjacent to an activating group) is 1. The fourth-order valence-electron chi connectivity index (χ4n) is 1.81. The molecule has 5 heteroatoms. The number of nitro benzene ring substituents is 1. The predicted molar refractivity (Wildman–Crippen MR) is 72.6 cm³/mol. The van der Waals surface area contributed by atoms with Crippen molar-refractivity contribution in [3.63, 3.8) is 0 Å². The predicted octanol–water partition coefficient (Wildman–Crippen LogP) is 1.81. The van der Waals surface area contributed by atoms with Crippen LogP contribution in [0.4, 0.5) is 5.69 Å². The van der Waals surface area contributed by atoms with Crippen molar-refractivity contribution in [2.45, 2.75) is 19.8 Å². The Kier molecular flexibility index (Phi) is 6.32. The van der Waals surface area contributed by atoms with E-state index in [0.29, 0.717) is 6.54 Å². The quantitative estimate of drug-likeness (QED) is 0.565. The van der Waals surface area contributed by atoms with Gasteiger partial charge < -0.3 is 10.6 Å². The molecule has 1 aromatic carbocycles. The number of hydrogen-bond acceptors (Lipinski definition) is 4. The largest absolute Gasteiger partial charge is 0.330 e. The van der Waals surface area contributed by atoms with Gasteiger partial charge in [-0.3, -0.25) is 10.1 Å². The first-order valence-electron chi connectivity index (χ1n) is 6.33. The Morgan fingerprint density at radius 3 is 2.44 bits per heavy atom. The molecule has 0 aliphatic rings. The summed E-state index contributed by atoms with van der Waals surface area (Å²) in [6.07, 6.45) is 1.92. The second-order valence-corrected chi connectivity index (χ2v) is 4.25. The third-order valence-electron chi connectivity index (χ3n) is 2.99. The second-order valence-electron chi connectivity index (χ2n) is 4.25. The zero-order valence-corrected chi connectivity index (χ0v) is 10.8. The molecule has 0 atom stereocenters. The summed E-state index contributed by atoms with van der Waals surface area (Å²) in [5.74, 6) is 0. The molecular weight excluding hydrogens is 230 g/mol. The molecule has 0 unspecified atom stereocenters. The fraction of sp³-hybridized carbons (Fsp3) is 0.538. The van der Waals surface area contributed by atoms with Gasteiger partial charge in [-0.15, -0.1) is 0 Å². The van der Waals surface area contributed by atoms with E-state index in [2.05, 4.69) is 11.8 Å². The summed E-state index contributed by atoms with van der Waals surface area (Å²) in [6.45, 7) is 5.83. The van der Waals surface area contributed by atoms with Gasteiger partial charge in [-0.1, -0.05) is 19.1 Å². The second kappa shape index (κ2) is 7.79. The van der Waals surface area contributed by atoms with Crippen LogP contribution in [-0.2, 0) is 6.42 Å². The molecular formula is C13H21N3O2. The highest BCUT2D eigenvalue weighted by molar-refractivity contribution is 5.32. The third kappa shape index (κ3) is 4.81.